The number of carbonyl (C=O) groups is 2. The van der Waals surface area contributed by atoms with Gasteiger partial charge >= 0.3 is 0 Å². The molecule has 3 nitrogen and oxygen atoms in total. The first-order chi connectivity index (χ1) is 6.11. The molecule has 13 heavy (non-hydrogen) atoms. The van der Waals surface area contributed by atoms with Gasteiger partial charge in [-0.2, -0.15) is 0 Å². The van der Waals surface area contributed by atoms with Gasteiger partial charge in [0.25, 0.3) is 0 Å². The fourth-order valence-corrected chi connectivity index (χ4v) is 1.21. The lowest BCUT2D eigenvalue weighted by Gasteiger charge is -2.12. The van der Waals surface area contributed by atoms with Crippen molar-refractivity contribution in [1.29, 1.82) is 0 Å². The Morgan fingerprint density at radius 2 is 2.08 bits per heavy atom. The van der Waals surface area contributed by atoms with E-state index in [0.717, 1.165) is 6.54 Å². The number of nitrogens with one attached hydrogen (secondary N) is 1. The van der Waals surface area contributed by atoms with Crippen LogP contribution in [-0.2, 0) is 9.59 Å². The predicted octanol–water partition coefficient (Wildman–Crippen LogP) is 0.347. The fraction of sp³-hybridized carbons (Fsp3) is 0.778. The maximum Gasteiger partial charge on any atom is 0.130 e. The van der Waals surface area contributed by atoms with Gasteiger partial charge in [-0.25, -0.2) is 0 Å². The molecule has 0 aliphatic heterocycles. The summed E-state index contributed by atoms with van der Waals surface area (Å²) in [5.41, 5.74) is 0. The van der Waals surface area contributed by atoms with Gasteiger partial charge in [-0.15, -0.1) is 0 Å². The molecule has 0 aromatic carbocycles. The van der Waals surface area contributed by atoms with Gasteiger partial charge in [-0.1, -0.05) is 0 Å². The van der Waals surface area contributed by atoms with Gasteiger partial charge in [0.2, 0.25) is 0 Å². The number of carbonyl (C=O) groups excluding carboxylic acids is 2. The minimum absolute atomic E-state index is 0.0227. The number of hydrogen-bond donors (Lipinski definition) is 1. The molecule has 1 atom stereocenters. The Kier molecular flexibility index (Phi) is 6.50. The SMILES string of the molecule is [B]CC(=O)C(CCNC)CC(C)=O. The van der Waals surface area contributed by atoms with Crippen LogP contribution in [0, 0.1) is 5.92 Å². The third-order valence-electron chi connectivity index (χ3n) is 1.93. The largest absolute Gasteiger partial charge is 0.320 e. The van der Waals surface area contributed by atoms with E-state index in [1.807, 2.05) is 7.05 Å². The van der Waals surface area contributed by atoms with Crippen LogP contribution in [0.4, 0.5) is 0 Å². The Bertz CT molecular complexity index is 182. The number of Topliss-reactive ketones (excluding diaryl/α,β-unsaturated/α-hetero) is 2. The molecular weight excluding hydrogens is 165 g/mol. The van der Waals surface area contributed by atoms with Gasteiger partial charge in [-0.3, -0.25) is 0 Å². The van der Waals surface area contributed by atoms with Crippen LogP contribution >= 0.6 is 0 Å². The zero-order valence-electron chi connectivity index (χ0n) is 8.30. The van der Waals surface area contributed by atoms with Crippen molar-refractivity contribution in [1.82, 2.24) is 5.32 Å². The Hall–Kier alpha value is -0.635. The van der Waals surface area contributed by atoms with Crippen LogP contribution < -0.4 is 5.32 Å². The van der Waals surface area contributed by atoms with Crippen molar-refractivity contribution in [2.75, 3.05) is 13.6 Å². The highest BCUT2D eigenvalue weighted by atomic mass is 16.1. The summed E-state index contributed by atoms with van der Waals surface area (Å²) in [6.07, 6.45) is 1.03. The van der Waals surface area contributed by atoms with Crippen molar-refractivity contribution in [3.63, 3.8) is 0 Å². The second-order valence-corrected chi connectivity index (χ2v) is 3.17. The molecule has 0 amide bonds. The molecule has 0 saturated carbocycles. The minimum Gasteiger partial charge on any atom is -0.320 e. The maximum atomic E-state index is 11.2. The van der Waals surface area contributed by atoms with Gasteiger partial charge in [0.05, 0.1) is 7.85 Å². The van der Waals surface area contributed by atoms with Gasteiger partial charge in [-0.05, 0) is 33.3 Å². The second kappa shape index (κ2) is 6.84. The van der Waals surface area contributed by atoms with Crippen LogP contribution in [0.5, 0.6) is 0 Å². The van der Waals surface area contributed by atoms with E-state index >= 15 is 0 Å². The summed E-state index contributed by atoms with van der Waals surface area (Å²) in [6, 6.07) is 0. The molecule has 1 unspecified atom stereocenters. The van der Waals surface area contributed by atoms with Gasteiger partial charge in [0.15, 0.2) is 0 Å². The van der Waals surface area contributed by atoms with Crippen LogP contribution in [0.25, 0.3) is 0 Å². The molecule has 1 N–H and O–H groups in total. The standard InChI is InChI=1S/C9H16BNO2/c1-7(12)5-8(3-4-11-2)9(13)6-10/h8,11H,3-6H2,1-2H3. The van der Waals surface area contributed by atoms with E-state index in [1.54, 1.807) is 0 Å². The summed E-state index contributed by atoms with van der Waals surface area (Å²) in [5, 5.41) is 2.95. The van der Waals surface area contributed by atoms with Crippen LogP contribution in [0.2, 0.25) is 6.32 Å². The molecule has 0 heterocycles. The van der Waals surface area contributed by atoms with Gasteiger partial charge in [0.1, 0.15) is 11.6 Å². The zero-order chi connectivity index (χ0) is 10.3. The molecule has 0 bridgehead atoms. The monoisotopic (exact) mass is 181 g/mol. The number of ketones is 2. The van der Waals surface area contributed by atoms with Crippen LogP contribution in [0.1, 0.15) is 19.8 Å². The summed E-state index contributed by atoms with van der Waals surface area (Å²) in [5.74, 6) is -0.177. The summed E-state index contributed by atoms with van der Waals surface area (Å²) >= 11 is 0. The molecule has 0 fully saturated rings. The summed E-state index contributed by atoms with van der Waals surface area (Å²) < 4.78 is 0. The first-order valence-electron chi connectivity index (χ1n) is 4.48. The van der Waals surface area contributed by atoms with Gasteiger partial charge in [0, 0.05) is 12.3 Å². The molecule has 0 rings (SSSR count). The lowest BCUT2D eigenvalue weighted by Crippen LogP contribution is -2.22. The average molecular weight is 181 g/mol. The average Bonchev–Trinajstić information content (AvgIpc) is 2.10. The van der Waals surface area contributed by atoms with Crippen LogP contribution in [0.3, 0.4) is 0 Å². The topological polar surface area (TPSA) is 46.2 Å². The molecule has 2 radical (unpaired) electrons. The third-order valence-corrected chi connectivity index (χ3v) is 1.93. The normalized spacial score (nSPS) is 12.5. The number of rotatable bonds is 7. The molecule has 0 aromatic rings. The lowest BCUT2D eigenvalue weighted by molar-refractivity contribution is -0.125. The summed E-state index contributed by atoms with van der Waals surface area (Å²) in [4.78, 5) is 22.1. The third kappa shape index (κ3) is 5.58. The van der Waals surface area contributed by atoms with E-state index in [4.69, 9.17) is 7.85 Å². The van der Waals surface area contributed by atoms with E-state index < -0.39 is 0 Å². The first-order valence-corrected chi connectivity index (χ1v) is 4.48. The van der Waals surface area contributed by atoms with E-state index in [-0.39, 0.29) is 23.8 Å². The van der Waals surface area contributed by atoms with E-state index in [2.05, 4.69) is 5.32 Å². The lowest BCUT2D eigenvalue weighted by atomic mass is 9.87. The predicted molar refractivity (Wildman–Crippen MR) is 52.9 cm³/mol. The molecule has 72 valence electrons. The molecule has 0 saturated heterocycles. The first kappa shape index (κ1) is 12.4. The van der Waals surface area contributed by atoms with Gasteiger partial charge < -0.3 is 14.9 Å². The number of hydrogen-bond acceptors (Lipinski definition) is 3. The second-order valence-electron chi connectivity index (χ2n) is 3.17. The van der Waals surface area contributed by atoms with Crippen LogP contribution in [0.15, 0.2) is 0 Å². The van der Waals surface area contributed by atoms with E-state index in [0.29, 0.717) is 12.8 Å². The smallest absolute Gasteiger partial charge is 0.130 e. The van der Waals surface area contributed by atoms with Crippen molar-refractivity contribution in [2.45, 2.75) is 26.1 Å². The Morgan fingerprint density at radius 3 is 2.46 bits per heavy atom. The van der Waals surface area contributed by atoms with Crippen molar-refractivity contribution in [2.24, 2.45) is 5.92 Å². The molecule has 0 aliphatic carbocycles. The molecule has 0 spiro atoms. The van der Waals surface area contributed by atoms with Crippen LogP contribution in [-0.4, -0.2) is 33.0 Å². The summed E-state index contributed by atoms with van der Waals surface area (Å²) in [7, 11) is 7.06. The highest BCUT2D eigenvalue weighted by molar-refractivity contribution is 6.20. The molecular formula is C9H16BNO2. The van der Waals surface area contributed by atoms with Crippen molar-refractivity contribution in [3.8, 4) is 0 Å². The van der Waals surface area contributed by atoms with Crippen molar-refractivity contribution >= 4 is 19.4 Å². The van der Waals surface area contributed by atoms with Crippen molar-refractivity contribution in [3.05, 3.63) is 0 Å². The Morgan fingerprint density at radius 1 is 1.46 bits per heavy atom. The minimum atomic E-state index is -0.199. The van der Waals surface area contributed by atoms with E-state index in [9.17, 15) is 9.59 Å². The fourth-order valence-electron chi connectivity index (χ4n) is 1.21. The Balaban J connectivity index is 4.02. The maximum absolute atomic E-state index is 11.2. The molecule has 4 heteroatoms. The Labute approximate surface area is 80.7 Å². The highest BCUT2D eigenvalue weighted by Crippen LogP contribution is 2.11. The highest BCUT2D eigenvalue weighted by Gasteiger charge is 2.17. The van der Waals surface area contributed by atoms with E-state index in [1.165, 1.54) is 6.92 Å². The van der Waals surface area contributed by atoms with Crippen molar-refractivity contribution < 1.29 is 9.59 Å². The summed E-state index contributed by atoms with van der Waals surface area (Å²) in [6.45, 7) is 2.24. The quantitative estimate of drug-likeness (QED) is 0.576. The zero-order valence-corrected chi connectivity index (χ0v) is 8.30. The molecule has 0 aliphatic rings. The molecule has 0 aromatic heterocycles.